The van der Waals surface area contributed by atoms with E-state index in [0.717, 1.165) is 38.5 Å². The number of unbranched alkanes of at least 4 members (excludes halogenated alkanes) is 36. The predicted octanol–water partition coefficient (Wildman–Crippen LogP) is 14.5. The van der Waals surface area contributed by atoms with Crippen molar-refractivity contribution < 1.29 is 33.5 Å². The molecule has 0 rings (SSSR count). The van der Waals surface area contributed by atoms with Gasteiger partial charge in [-0.3, -0.25) is 13.8 Å². The van der Waals surface area contributed by atoms with Crippen molar-refractivity contribution in [3.8, 4) is 0 Å². The van der Waals surface area contributed by atoms with E-state index < -0.39 is 38.6 Å². The largest absolute Gasteiger partial charge is 0.472 e. The molecule has 6 N–H and O–H groups in total. The molecule has 0 spiro atoms. The van der Waals surface area contributed by atoms with Crippen molar-refractivity contribution in [3.63, 3.8) is 0 Å². The van der Waals surface area contributed by atoms with Crippen LogP contribution in [0.15, 0.2) is 12.2 Å². The lowest BCUT2D eigenvalue weighted by molar-refractivity contribution is -0.124. The second kappa shape index (κ2) is 47.2. The van der Waals surface area contributed by atoms with Gasteiger partial charge in [0.25, 0.3) is 0 Å². The van der Waals surface area contributed by atoms with Crippen LogP contribution in [0.4, 0.5) is 0 Å². The maximum atomic E-state index is 12.9. The fourth-order valence-electron chi connectivity index (χ4n) is 8.18. The molecule has 61 heavy (non-hydrogen) atoms. The number of nitrogens with two attached hydrogens (primary N) is 1. The summed E-state index contributed by atoms with van der Waals surface area (Å²) < 4.78 is 22.2. The molecule has 4 atom stereocenters. The molecule has 0 aromatic carbocycles. The van der Waals surface area contributed by atoms with Crippen LogP contribution in [-0.4, -0.2) is 59.0 Å². The second-order valence-electron chi connectivity index (χ2n) is 18.3. The van der Waals surface area contributed by atoms with Crippen LogP contribution in [0.1, 0.15) is 271 Å². The van der Waals surface area contributed by atoms with Gasteiger partial charge in [0.1, 0.15) is 0 Å². The highest BCUT2D eigenvalue weighted by atomic mass is 31.2. The van der Waals surface area contributed by atoms with Gasteiger partial charge in [-0.1, -0.05) is 257 Å². The minimum atomic E-state index is -4.40. The fourth-order valence-corrected chi connectivity index (χ4v) is 8.94. The van der Waals surface area contributed by atoms with Gasteiger partial charge < -0.3 is 26.2 Å². The standard InChI is InChI=1S/C51H103N2O7P/c1-3-5-7-9-11-13-15-17-19-21-23-24-25-26-28-30-32-34-36-38-40-42-48(54)46-51(56)53-49(47-60-61(57,58)59-45-44-52)50(55)43-41-39-37-35-33-31-29-27-22-20-18-16-14-12-10-8-6-4-2/h41,43,48-50,54-55H,3-40,42,44-47,52H2,1-2H3,(H,53,56)(H,57,58)/b43-41+. The average Bonchev–Trinajstić information content (AvgIpc) is 3.24. The van der Waals surface area contributed by atoms with Crippen LogP contribution in [0.5, 0.6) is 0 Å². The first kappa shape index (κ1) is 60.2. The van der Waals surface area contributed by atoms with Crippen molar-refractivity contribution in [1.82, 2.24) is 5.32 Å². The number of carbonyl (C=O) groups is 1. The molecule has 0 bridgehead atoms. The summed E-state index contributed by atoms with van der Waals surface area (Å²) in [6.07, 6.45) is 51.6. The molecule has 9 nitrogen and oxygen atoms in total. The van der Waals surface area contributed by atoms with Gasteiger partial charge in [0.15, 0.2) is 0 Å². The molecular weight excluding hydrogens is 784 g/mol. The minimum absolute atomic E-state index is 0.0518. The molecular formula is C51H103N2O7P. The zero-order chi connectivity index (χ0) is 44.8. The Morgan fingerprint density at radius 3 is 1.26 bits per heavy atom. The normalized spacial score (nSPS) is 14.4. The number of amides is 1. The molecule has 0 radical (unpaired) electrons. The van der Waals surface area contributed by atoms with Gasteiger partial charge in [0, 0.05) is 6.54 Å². The number of hydrogen-bond donors (Lipinski definition) is 5. The van der Waals surface area contributed by atoms with Gasteiger partial charge in [-0.25, -0.2) is 4.57 Å². The van der Waals surface area contributed by atoms with Crippen molar-refractivity contribution in [2.45, 2.75) is 289 Å². The maximum absolute atomic E-state index is 12.9. The maximum Gasteiger partial charge on any atom is 0.472 e. The van der Waals surface area contributed by atoms with E-state index in [-0.39, 0.29) is 19.6 Å². The number of aliphatic hydroxyl groups excluding tert-OH is 2. The summed E-state index contributed by atoms with van der Waals surface area (Å²) in [6, 6.07) is -0.978. The van der Waals surface area contributed by atoms with E-state index in [2.05, 4.69) is 19.2 Å². The molecule has 0 aromatic rings. The Kier molecular flexibility index (Phi) is 46.6. The van der Waals surface area contributed by atoms with E-state index in [9.17, 15) is 24.5 Å². The summed E-state index contributed by atoms with van der Waals surface area (Å²) in [6.45, 7) is 4.02. The van der Waals surface area contributed by atoms with Crippen molar-refractivity contribution >= 4 is 13.7 Å². The molecule has 0 fully saturated rings. The van der Waals surface area contributed by atoms with Gasteiger partial charge in [-0.2, -0.15) is 0 Å². The topological polar surface area (TPSA) is 151 Å². The highest BCUT2D eigenvalue weighted by Crippen LogP contribution is 2.43. The van der Waals surface area contributed by atoms with Crippen LogP contribution in [0.3, 0.4) is 0 Å². The van der Waals surface area contributed by atoms with Crippen molar-refractivity contribution in [2.24, 2.45) is 5.73 Å². The van der Waals surface area contributed by atoms with Crippen LogP contribution < -0.4 is 11.1 Å². The molecule has 0 aliphatic rings. The second-order valence-corrected chi connectivity index (χ2v) is 19.7. The number of allylic oxidation sites excluding steroid dienone is 1. The van der Waals surface area contributed by atoms with Crippen LogP contribution in [0.25, 0.3) is 0 Å². The third-order valence-corrected chi connectivity index (χ3v) is 13.2. The lowest BCUT2D eigenvalue weighted by Crippen LogP contribution is -2.46. The third kappa shape index (κ3) is 45.6. The molecule has 0 aliphatic heterocycles. The summed E-state index contributed by atoms with van der Waals surface area (Å²) in [5.41, 5.74) is 5.38. The Balaban J connectivity index is 4.13. The number of carbonyl (C=O) groups excluding carboxylic acids is 1. The fraction of sp³-hybridized carbons (Fsp3) is 0.941. The summed E-state index contributed by atoms with van der Waals surface area (Å²) in [4.78, 5) is 22.9. The Morgan fingerprint density at radius 1 is 0.557 bits per heavy atom. The van der Waals surface area contributed by atoms with Gasteiger partial charge in [-0.05, 0) is 19.3 Å². The third-order valence-electron chi connectivity index (χ3n) is 12.2. The lowest BCUT2D eigenvalue weighted by atomic mass is 10.0. The Morgan fingerprint density at radius 2 is 0.902 bits per heavy atom. The predicted molar refractivity (Wildman–Crippen MR) is 260 cm³/mol. The van der Waals surface area contributed by atoms with Gasteiger partial charge in [-0.15, -0.1) is 0 Å². The Hall–Kier alpha value is -0.800. The van der Waals surface area contributed by atoms with E-state index in [0.29, 0.717) is 6.42 Å². The Labute approximate surface area is 378 Å². The molecule has 0 heterocycles. The summed E-state index contributed by atoms with van der Waals surface area (Å²) in [7, 11) is -4.40. The molecule has 10 heteroatoms. The van der Waals surface area contributed by atoms with Crippen molar-refractivity contribution in [2.75, 3.05) is 19.8 Å². The minimum Gasteiger partial charge on any atom is -0.393 e. The van der Waals surface area contributed by atoms with Crippen LogP contribution in [0, 0.1) is 0 Å². The first-order chi connectivity index (χ1) is 29.8. The first-order valence-electron chi connectivity index (χ1n) is 26.4. The number of phosphoric ester groups is 1. The molecule has 0 saturated carbocycles. The summed E-state index contributed by atoms with van der Waals surface area (Å²) >= 11 is 0. The van der Waals surface area contributed by atoms with Crippen LogP contribution in [-0.2, 0) is 18.4 Å². The smallest absolute Gasteiger partial charge is 0.393 e. The number of aliphatic hydroxyl groups is 2. The van der Waals surface area contributed by atoms with E-state index in [1.807, 2.05) is 6.08 Å². The van der Waals surface area contributed by atoms with Crippen LogP contribution >= 0.6 is 7.82 Å². The van der Waals surface area contributed by atoms with Crippen molar-refractivity contribution in [3.05, 3.63) is 12.2 Å². The van der Waals surface area contributed by atoms with E-state index >= 15 is 0 Å². The number of rotatable bonds is 50. The van der Waals surface area contributed by atoms with Crippen LogP contribution in [0.2, 0.25) is 0 Å². The zero-order valence-corrected chi connectivity index (χ0v) is 41.2. The lowest BCUT2D eigenvalue weighted by Gasteiger charge is -2.24. The highest BCUT2D eigenvalue weighted by molar-refractivity contribution is 7.47. The first-order valence-corrected chi connectivity index (χ1v) is 27.9. The number of nitrogens with one attached hydrogen (secondary N) is 1. The van der Waals surface area contributed by atoms with E-state index in [1.54, 1.807) is 6.08 Å². The summed E-state index contributed by atoms with van der Waals surface area (Å²) in [5.74, 6) is -0.439. The summed E-state index contributed by atoms with van der Waals surface area (Å²) in [5, 5.41) is 24.2. The average molecular weight is 887 g/mol. The van der Waals surface area contributed by atoms with Crippen molar-refractivity contribution in [1.29, 1.82) is 0 Å². The SMILES string of the molecule is CCCCCCCCCCCCCCCCCC/C=C/C(O)C(COP(=O)(O)OCCN)NC(=O)CC(O)CCCCCCCCCCCCCCCCCCCCCCC. The monoisotopic (exact) mass is 887 g/mol. The zero-order valence-electron chi connectivity index (χ0n) is 40.3. The van der Waals surface area contributed by atoms with Gasteiger partial charge in [0.2, 0.25) is 5.91 Å². The van der Waals surface area contributed by atoms with Gasteiger partial charge >= 0.3 is 7.82 Å². The van der Waals surface area contributed by atoms with E-state index in [4.69, 9.17) is 14.8 Å². The Bertz CT molecular complexity index is 987. The number of hydrogen-bond acceptors (Lipinski definition) is 7. The molecule has 0 aliphatic carbocycles. The van der Waals surface area contributed by atoms with Gasteiger partial charge in [0.05, 0.1) is 37.9 Å². The quantitative estimate of drug-likeness (QED) is 0.0230. The molecule has 0 saturated heterocycles. The van der Waals surface area contributed by atoms with E-state index in [1.165, 1.54) is 205 Å². The molecule has 1 amide bonds. The molecule has 364 valence electrons. The highest BCUT2D eigenvalue weighted by Gasteiger charge is 2.27. The molecule has 0 aromatic heterocycles. The molecule has 4 unspecified atom stereocenters. The number of phosphoric acid groups is 1.